The summed E-state index contributed by atoms with van der Waals surface area (Å²) in [5, 5.41) is 15.2. The van der Waals surface area contributed by atoms with Gasteiger partial charge in [-0.2, -0.15) is 0 Å². The molecule has 10 heavy (non-hydrogen) atoms. The SMILES string of the molecule is CCC(C)CC.OCCO. The lowest BCUT2D eigenvalue weighted by molar-refractivity contribution is 0.186. The van der Waals surface area contributed by atoms with Crippen LogP contribution in [-0.2, 0) is 0 Å². The molecule has 0 radical (unpaired) electrons. The van der Waals surface area contributed by atoms with Crippen molar-refractivity contribution < 1.29 is 10.2 Å². The summed E-state index contributed by atoms with van der Waals surface area (Å²) < 4.78 is 0. The standard InChI is InChI=1S/C6H14.C2H6O2/c1-4-6(3)5-2;3-1-2-4/h6H,4-5H2,1-3H3;3-4H,1-2H2. The average Bonchev–Trinajstić information content (AvgIpc) is 2.03. The minimum absolute atomic E-state index is 0.125. The van der Waals surface area contributed by atoms with Gasteiger partial charge in [-0.15, -0.1) is 0 Å². The van der Waals surface area contributed by atoms with Crippen LogP contribution in [0.3, 0.4) is 0 Å². The zero-order valence-electron chi connectivity index (χ0n) is 7.30. The highest BCUT2D eigenvalue weighted by atomic mass is 16.3. The normalized spacial score (nSPS) is 9.00. The van der Waals surface area contributed by atoms with Gasteiger partial charge in [0.2, 0.25) is 0 Å². The molecule has 0 aromatic heterocycles. The second kappa shape index (κ2) is 11.7. The van der Waals surface area contributed by atoms with Crippen LogP contribution in [0.4, 0.5) is 0 Å². The number of hydrogen-bond donors (Lipinski definition) is 2. The number of hydrogen-bond acceptors (Lipinski definition) is 2. The Bertz CT molecular complexity index is 40.5. The van der Waals surface area contributed by atoms with Gasteiger partial charge in [0.25, 0.3) is 0 Å². The monoisotopic (exact) mass is 148 g/mol. The maximum absolute atomic E-state index is 7.62. The van der Waals surface area contributed by atoms with Gasteiger partial charge in [-0.1, -0.05) is 33.6 Å². The summed E-state index contributed by atoms with van der Waals surface area (Å²) in [4.78, 5) is 0. The van der Waals surface area contributed by atoms with E-state index in [4.69, 9.17) is 10.2 Å². The Labute approximate surface area is 63.9 Å². The van der Waals surface area contributed by atoms with Crippen LogP contribution in [0.2, 0.25) is 0 Å². The third kappa shape index (κ3) is 15.7. The smallest absolute Gasteiger partial charge is 0.0662 e. The van der Waals surface area contributed by atoms with Gasteiger partial charge in [0.1, 0.15) is 0 Å². The highest BCUT2D eigenvalue weighted by Gasteiger charge is 1.88. The molecule has 0 bridgehead atoms. The van der Waals surface area contributed by atoms with Gasteiger partial charge in [0.15, 0.2) is 0 Å². The van der Waals surface area contributed by atoms with Crippen LogP contribution in [0.15, 0.2) is 0 Å². The molecule has 0 amide bonds. The second-order valence-electron chi connectivity index (χ2n) is 2.37. The van der Waals surface area contributed by atoms with E-state index in [1.165, 1.54) is 12.8 Å². The van der Waals surface area contributed by atoms with E-state index < -0.39 is 0 Å². The van der Waals surface area contributed by atoms with E-state index >= 15 is 0 Å². The fraction of sp³-hybridized carbons (Fsp3) is 1.00. The number of rotatable bonds is 3. The first-order chi connectivity index (χ1) is 4.72. The van der Waals surface area contributed by atoms with Crippen molar-refractivity contribution in [1.82, 2.24) is 0 Å². The summed E-state index contributed by atoms with van der Waals surface area (Å²) in [5.74, 6) is 0.935. The highest BCUT2D eigenvalue weighted by molar-refractivity contribution is 4.41. The summed E-state index contributed by atoms with van der Waals surface area (Å²) in [7, 11) is 0. The molecule has 0 atom stereocenters. The number of aliphatic hydroxyl groups is 2. The van der Waals surface area contributed by atoms with Gasteiger partial charge >= 0.3 is 0 Å². The molecule has 0 unspecified atom stereocenters. The predicted octanol–water partition coefficient (Wildman–Crippen LogP) is 1.41. The minimum atomic E-state index is -0.125. The Kier molecular flexibility index (Phi) is 14.7. The Morgan fingerprint density at radius 2 is 1.30 bits per heavy atom. The minimum Gasteiger partial charge on any atom is -0.394 e. The van der Waals surface area contributed by atoms with Gasteiger partial charge in [-0.25, -0.2) is 0 Å². The van der Waals surface area contributed by atoms with Crippen molar-refractivity contribution in [3.05, 3.63) is 0 Å². The molecule has 0 saturated carbocycles. The highest BCUT2D eigenvalue weighted by Crippen LogP contribution is 2.02. The molecule has 2 heteroatoms. The third-order valence-corrected chi connectivity index (χ3v) is 1.49. The van der Waals surface area contributed by atoms with E-state index in [0.717, 1.165) is 5.92 Å². The van der Waals surface area contributed by atoms with Crippen LogP contribution < -0.4 is 0 Å². The van der Waals surface area contributed by atoms with Gasteiger partial charge < -0.3 is 10.2 Å². The molecular weight excluding hydrogens is 128 g/mol. The largest absolute Gasteiger partial charge is 0.394 e. The quantitative estimate of drug-likeness (QED) is 0.635. The summed E-state index contributed by atoms with van der Waals surface area (Å²) in [6, 6.07) is 0. The Balaban J connectivity index is 0. The molecule has 0 saturated heterocycles. The second-order valence-corrected chi connectivity index (χ2v) is 2.37. The van der Waals surface area contributed by atoms with E-state index in [-0.39, 0.29) is 13.2 Å². The molecular formula is C8H20O2. The van der Waals surface area contributed by atoms with E-state index in [1.807, 2.05) is 0 Å². The summed E-state index contributed by atoms with van der Waals surface area (Å²) in [6.45, 7) is 6.49. The molecule has 0 aliphatic rings. The molecule has 0 aromatic rings. The molecule has 0 aliphatic carbocycles. The maximum Gasteiger partial charge on any atom is 0.0662 e. The first-order valence-corrected chi connectivity index (χ1v) is 3.94. The predicted molar refractivity (Wildman–Crippen MR) is 43.9 cm³/mol. The first kappa shape index (κ1) is 12.6. The molecule has 2 N–H and O–H groups in total. The van der Waals surface area contributed by atoms with Crippen molar-refractivity contribution in [2.75, 3.05) is 13.2 Å². The van der Waals surface area contributed by atoms with Gasteiger partial charge in [0.05, 0.1) is 13.2 Å². The first-order valence-electron chi connectivity index (χ1n) is 3.94. The van der Waals surface area contributed by atoms with Gasteiger partial charge in [-0.3, -0.25) is 0 Å². The molecule has 2 nitrogen and oxygen atoms in total. The molecule has 0 aliphatic heterocycles. The zero-order valence-corrected chi connectivity index (χ0v) is 7.30. The topological polar surface area (TPSA) is 40.5 Å². The van der Waals surface area contributed by atoms with Crippen molar-refractivity contribution >= 4 is 0 Å². The number of aliphatic hydroxyl groups excluding tert-OH is 2. The van der Waals surface area contributed by atoms with Crippen LogP contribution in [0.1, 0.15) is 33.6 Å². The summed E-state index contributed by atoms with van der Waals surface area (Å²) >= 11 is 0. The van der Waals surface area contributed by atoms with Crippen LogP contribution >= 0.6 is 0 Å². The molecule has 0 aromatic carbocycles. The van der Waals surface area contributed by atoms with Crippen molar-refractivity contribution in [3.63, 3.8) is 0 Å². The van der Waals surface area contributed by atoms with E-state index in [0.29, 0.717) is 0 Å². The van der Waals surface area contributed by atoms with Gasteiger partial charge in [0, 0.05) is 0 Å². The van der Waals surface area contributed by atoms with Crippen molar-refractivity contribution in [2.45, 2.75) is 33.6 Å². The molecule has 64 valence electrons. The van der Waals surface area contributed by atoms with Gasteiger partial charge in [-0.05, 0) is 5.92 Å². The lowest BCUT2D eigenvalue weighted by Crippen LogP contribution is -1.85. The Morgan fingerprint density at radius 3 is 1.30 bits per heavy atom. The van der Waals surface area contributed by atoms with Crippen LogP contribution in [-0.4, -0.2) is 23.4 Å². The fourth-order valence-corrected chi connectivity index (χ4v) is 0.289. The lowest BCUT2D eigenvalue weighted by Gasteiger charge is -1.98. The maximum atomic E-state index is 7.62. The van der Waals surface area contributed by atoms with Crippen LogP contribution in [0.25, 0.3) is 0 Å². The molecule has 0 fully saturated rings. The molecule has 0 heterocycles. The third-order valence-electron chi connectivity index (χ3n) is 1.49. The van der Waals surface area contributed by atoms with Crippen LogP contribution in [0, 0.1) is 5.92 Å². The van der Waals surface area contributed by atoms with E-state index in [1.54, 1.807) is 0 Å². The van der Waals surface area contributed by atoms with Crippen molar-refractivity contribution in [1.29, 1.82) is 0 Å². The van der Waals surface area contributed by atoms with Crippen molar-refractivity contribution in [3.8, 4) is 0 Å². The van der Waals surface area contributed by atoms with Crippen molar-refractivity contribution in [2.24, 2.45) is 5.92 Å². The Morgan fingerprint density at radius 1 is 1.00 bits per heavy atom. The van der Waals surface area contributed by atoms with E-state index in [9.17, 15) is 0 Å². The van der Waals surface area contributed by atoms with Crippen LogP contribution in [0.5, 0.6) is 0 Å². The summed E-state index contributed by atoms with van der Waals surface area (Å²) in [5.41, 5.74) is 0. The molecule has 0 rings (SSSR count). The summed E-state index contributed by atoms with van der Waals surface area (Å²) in [6.07, 6.45) is 2.66. The fourth-order valence-electron chi connectivity index (χ4n) is 0.289. The average molecular weight is 148 g/mol. The zero-order chi connectivity index (χ0) is 8.41. The Hall–Kier alpha value is -0.0800. The molecule has 0 spiro atoms. The lowest BCUT2D eigenvalue weighted by atomic mass is 10.1. The van der Waals surface area contributed by atoms with E-state index in [2.05, 4.69) is 20.8 Å².